The van der Waals surface area contributed by atoms with Crippen LogP contribution in [0.5, 0.6) is 0 Å². The van der Waals surface area contributed by atoms with Crippen LogP contribution in [0.25, 0.3) is 0 Å². The molecule has 0 heterocycles. The van der Waals surface area contributed by atoms with Crippen molar-refractivity contribution in [3.63, 3.8) is 0 Å². The zero-order chi connectivity index (χ0) is 11.8. The van der Waals surface area contributed by atoms with E-state index in [1.807, 2.05) is 0 Å². The van der Waals surface area contributed by atoms with E-state index in [0.29, 0.717) is 0 Å². The number of carbonyl (C=O) groups is 1. The minimum absolute atomic E-state index is 0.282. The highest BCUT2D eigenvalue weighted by Crippen LogP contribution is 2.09. The first kappa shape index (κ1) is 12.6. The van der Waals surface area contributed by atoms with E-state index in [1.54, 1.807) is 0 Å². The molecule has 1 aromatic rings. The van der Waals surface area contributed by atoms with Gasteiger partial charge >= 0.3 is 5.97 Å². The summed E-state index contributed by atoms with van der Waals surface area (Å²) in [6.07, 6.45) is 3.03. The Kier molecular flexibility index (Phi) is 5.40. The average molecular weight is 221 g/mol. The maximum Gasteiger partial charge on any atom is 0.303 e. The topological polar surface area (TPSA) is 49.3 Å². The molecular weight excluding hydrogens is 202 g/mol. The Morgan fingerprint density at radius 3 is 2.50 bits per heavy atom. The van der Waals surface area contributed by atoms with Crippen LogP contribution in [0.4, 0.5) is 5.69 Å². The molecule has 0 amide bonds. The van der Waals surface area contributed by atoms with E-state index in [4.69, 9.17) is 5.11 Å². The van der Waals surface area contributed by atoms with E-state index >= 15 is 0 Å². The average Bonchev–Trinajstić information content (AvgIpc) is 2.25. The molecule has 0 aromatic heterocycles. The molecule has 0 aliphatic rings. The highest BCUT2D eigenvalue weighted by Gasteiger charge is 1.96. The number of hydrogen-bond acceptors (Lipinski definition) is 2. The number of rotatable bonds is 7. The van der Waals surface area contributed by atoms with Crippen LogP contribution < -0.4 is 5.32 Å². The van der Waals surface area contributed by atoms with Gasteiger partial charge in [0, 0.05) is 18.7 Å². The summed E-state index contributed by atoms with van der Waals surface area (Å²) in [4.78, 5) is 10.3. The van der Waals surface area contributed by atoms with Gasteiger partial charge < -0.3 is 10.4 Å². The van der Waals surface area contributed by atoms with Crippen LogP contribution in [0.2, 0.25) is 0 Å². The molecule has 0 saturated carbocycles. The van der Waals surface area contributed by atoms with Gasteiger partial charge in [-0.3, -0.25) is 4.79 Å². The minimum atomic E-state index is -0.702. The van der Waals surface area contributed by atoms with Gasteiger partial charge in [0.05, 0.1) is 0 Å². The van der Waals surface area contributed by atoms with Crippen molar-refractivity contribution in [3.05, 3.63) is 29.8 Å². The second kappa shape index (κ2) is 6.88. The number of hydrogen-bond donors (Lipinski definition) is 2. The van der Waals surface area contributed by atoms with Gasteiger partial charge in [0.1, 0.15) is 0 Å². The molecular formula is C13H19NO2. The molecule has 0 fully saturated rings. The Morgan fingerprint density at radius 2 is 1.88 bits per heavy atom. The number of anilines is 1. The molecule has 2 N–H and O–H groups in total. The lowest BCUT2D eigenvalue weighted by atomic mass is 10.2. The minimum Gasteiger partial charge on any atom is -0.481 e. The first-order valence-corrected chi connectivity index (χ1v) is 5.71. The summed E-state index contributed by atoms with van der Waals surface area (Å²) in [5, 5.41) is 11.8. The number of unbranched alkanes of at least 4 members (excludes halogenated alkanes) is 2. The van der Waals surface area contributed by atoms with Gasteiger partial charge in [0.15, 0.2) is 0 Å². The lowest BCUT2D eigenvalue weighted by molar-refractivity contribution is -0.137. The zero-order valence-electron chi connectivity index (χ0n) is 9.70. The molecule has 0 saturated heterocycles. The summed E-state index contributed by atoms with van der Waals surface area (Å²) in [5.41, 5.74) is 2.39. The molecule has 0 radical (unpaired) electrons. The molecule has 0 bridgehead atoms. The lowest BCUT2D eigenvalue weighted by Crippen LogP contribution is -2.02. The van der Waals surface area contributed by atoms with E-state index in [1.165, 1.54) is 5.56 Å². The molecule has 3 nitrogen and oxygen atoms in total. The van der Waals surface area contributed by atoms with Gasteiger partial charge in [-0.1, -0.05) is 24.1 Å². The van der Waals surface area contributed by atoms with E-state index in [2.05, 4.69) is 36.5 Å². The van der Waals surface area contributed by atoms with E-state index < -0.39 is 5.97 Å². The second-order valence-electron chi connectivity index (χ2n) is 4.00. The van der Waals surface area contributed by atoms with Crippen molar-refractivity contribution < 1.29 is 9.90 Å². The third-order valence-corrected chi connectivity index (χ3v) is 2.45. The zero-order valence-corrected chi connectivity index (χ0v) is 9.70. The Bertz CT molecular complexity index is 319. The summed E-state index contributed by atoms with van der Waals surface area (Å²) >= 11 is 0. The summed E-state index contributed by atoms with van der Waals surface area (Å²) in [5.74, 6) is -0.702. The molecule has 16 heavy (non-hydrogen) atoms. The lowest BCUT2D eigenvalue weighted by Gasteiger charge is -2.06. The molecule has 0 unspecified atom stereocenters. The normalized spacial score (nSPS) is 10.1. The molecule has 3 heteroatoms. The molecule has 0 atom stereocenters. The fraction of sp³-hybridized carbons (Fsp3) is 0.462. The van der Waals surface area contributed by atoms with Crippen LogP contribution in [-0.4, -0.2) is 17.6 Å². The third-order valence-electron chi connectivity index (χ3n) is 2.45. The van der Waals surface area contributed by atoms with Crippen LogP contribution >= 0.6 is 0 Å². The smallest absolute Gasteiger partial charge is 0.303 e. The third kappa shape index (κ3) is 5.39. The van der Waals surface area contributed by atoms with E-state index in [0.717, 1.165) is 31.5 Å². The quantitative estimate of drug-likeness (QED) is 0.696. The molecule has 0 aliphatic heterocycles. The fourth-order valence-electron chi connectivity index (χ4n) is 1.48. The van der Waals surface area contributed by atoms with Crippen molar-refractivity contribution >= 4 is 11.7 Å². The Morgan fingerprint density at radius 1 is 1.19 bits per heavy atom. The number of carboxylic acid groups (broad SMARTS) is 1. The predicted octanol–water partition coefficient (Wildman–Crippen LogP) is 3.05. The van der Waals surface area contributed by atoms with Crippen molar-refractivity contribution in [1.29, 1.82) is 0 Å². The van der Waals surface area contributed by atoms with Crippen LogP contribution in [-0.2, 0) is 4.79 Å². The largest absolute Gasteiger partial charge is 0.481 e. The maximum absolute atomic E-state index is 10.3. The summed E-state index contributed by atoms with van der Waals surface area (Å²) in [6.45, 7) is 2.97. The van der Waals surface area contributed by atoms with Crippen molar-refractivity contribution in [2.45, 2.75) is 32.6 Å². The Labute approximate surface area is 96.5 Å². The molecule has 1 rings (SSSR count). The second-order valence-corrected chi connectivity index (χ2v) is 4.00. The number of nitrogens with one attached hydrogen (secondary N) is 1. The fourth-order valence-corrected chi connectivity index (χ4v) is 1.48. The van der Waals surface area contributed by atoms with Crippen LogP contribution in [0.15, 0.2) is 24.3 Å². The summed E-state index contributed by atoms with van der Waals surface area (Å²) in [7, 11) is 0. The van der Waals surface area contributed by atoms with Crippen LogP contribution in [0.1, 0.15) is 31.2 Å². The first-order chi connectivity index (χ1) is 7.68. The number of benzene rings is 1. The highest BCUT2D eigenvalue weighted by molar-refractivity contribution is 5.66. The Balaban J connectivity index is 2.07. The van der Waals surface area contributed by atoms with Crippen molar-refractivity contribution in [2.75, 3.05) is 11.9 Å². The van der Waals surface area contributed by atoms with Gasteiger partial charge in [-0.25, -0.2) is 0 Å². The van der Waals surface area contributed by atoms with Gasteiger partial charge in [0.25, 0.3) is 0 Å². The summed E-state index contributed by atoms with van der Waals surface area (Å²) in [6, 6.07) is 8.28. The monoisotopic (exact) mass is 221 g/mol. The standard InChI is InChI=1S/C13H19NO2/c1-11-6-8-12(9-7-11)14-10-4-2-3-5-13(15)16/h6-9,14H,2-5,10H2,1H3,(H,15,16). The van der Waals surface area contributed by atoms with Crippen LogP contribution in [0.3, 0.4) is 0 Å². The summed E-state index contributed by atoms with van der Waals surface area (Å²) < 4.78 is 0. The van der Waals surface area contributed by atoms with Crippen molar-refractivity contribution in [2.24, 2.45) is 0 Å². The first-order valence-electron chi connectivity index (χ1n) is 5.71. The molecule has 0 spiro atoms. The van der Waals surface area contributed by atoms with E-state index in [9.17, 15) is 4.79 Å². The van der Waals surface area contributed by atoms with Gasteiger partial charge in [-0.15, -0.1) is 0 Å². The van der Waals surface area contributed by atoms with Crippen molar-refractivity contribution in [1.82, 2.24) is 0 Å². The van der Waals surface area contributed by atoms with Crippen molar-refractivity contribution in [3.8, 4) is 0 Å². The van der Waals surface area contributed by atoms with E-state index in [-0.39, 0.29) is 6.42 Å². The maximum atomic E-state index is 10.3. The SMILES string of the molecule is Cc1ccc(NCCCCCC(=O)O)cc1. The molecule has 88 valence electrons. The van der Waals surface area contributed by atoms with Gasteiger partial charge in [0.2, 0.25) is 0 Å². The predicted molar refractivity (Wildman–Crippen MR) is 65.8 cm³/mol. The number of carboxylic acids is 1. The van der Waals surface area contributed by atoms with Crippen LogP contribution in [0, 0.1) is 6.92 Å². The highest BCUT2D eigenvalue weighted by atomic mass is 16.4. The van der Waals surface area contributed by atoms with Gasteiger partial charge in [-0.2, -0.15) is 0 Å². The Hall–Kier alpha value is -1.51. The number of aliphatic carboxylic acids is 1. The van der Waals surface area contributed by atoms with Gasteiger partial charge in [-0.05, 0) is 31.9 Å². The number of aryl methyl sites for hydroxylation is 1. The molecule has 0 aliphatic carbocycles. The molecule has 1 aromatic carbocycles.